The molecule has 0 spiro atoms. The molecule has 78 valence electrons. The number of aromatic nitrogens is 1. The van der Waals surface area contributed by atoms with Gasteiger partial charge in [0.2, 0.25) is 0 Å². The van der Waals surface area contributed by atoms with Gasteiger partial charge in [0, 0.05) is 17.4 Å². The number of nitrogens with zero attached hydrogens (tertiary/aromatic N) is 1. The van der Waals surface area contributed by atoms with E-state index in [2.05, 4.69) is 37.5 Å². The Morgan fingerprint density at radius 2 is 1.64 bits per heavy atom. The summed E-state index contributed by atoms with van der Waals surface area (Å²) in [5.41, 5.74) is 2.84. The maximum Gasteiger partial charge on any atom is 0.0335 e. The molecule has 0 bridgehead atoms. The summed E-state index contributed by atoms with van der Waals surface area (Å²) >= 11 is 0. The predicted molar refractivity (Wildman–Crippen MR) is 60.6 cm³/mol. The van der Waals surface area contributed by atoms with Crippen molar-refractivity contribution in [2.45, 2.75) is 52.5 Å². The molecule has 0 saturated heterocycles. The van der Waals surface area contributed by atoms with Crippen molar-refractivity contribution in [3.05, 3.63) is 23.5 Å². The average Bonchev–Trinajstić information content (AvgIpc) is 2.75. The average molecular weight is 191 g/mol. The summed E-state index contributed by atoms with van der Waals surface area (Å²) in [6.07, 6.45) is 5.74. The topological polar surface area (TPSA) is 4.93 Å². The lowest BCUT2D eigenvalue weighted by Crippen LogP contribution is -2.16. The van der Waals surface area contributed by atoms with Crippen molar-refractivity contribution in [2.24, 2.45) is 5.92 Å². The van der Waals surface area contributed by atoms with Crippen LogP contribution in [0.15, 0.2) is 12.1 Å². The van der Waals surface area contributed by atoms with E-state index in [1.165, 1.54) is 37.1 Å². The maximum atomic E-state index is 2.51. The van der Waals surface area contributed by atoms with Gasteiger partial charge in [-0.3, -0.25) is 0 Å². The lowest BCUT2D eigenvalue weighted by Gasteiger charge is -2.24. The minimum absolute atomic E-state index is 0.701. The first kappa shape index (κ1) is 9.82. The van der Waals surface area contributed by atoms with Crippen LogP contribution < -0.4 is 0 Å². The molecule has 1 heterocycles. The molecule has 1 aliphatic rings. The second-order valence-corrected chi connectivity index (χ2v) is 4.77. The summed E-state index contributed by atoms with van der Waals surface area (Å²) in [5.74, 6) is 0.916. The molecule has 1 atom stereocenters. The molecule has 0 radical (unpaired) electrons. The summed E-state index contributed by atoms with van der Waals surface area (Å²) in [7, 11) is 0. The first-order valence-electron chi connectivity index (χ1n) is 5.84. The molecular weight excluding hydrogens is 170 g/mol. The van der Waals surface area contributed by atoms with Crippen molar-refractivity contribution in [1.29, 1.82) is 0 Å². The minimum Gasteiger partial charge on any atom is -0.346 e. The molecule has 2 rings (SSSR count). The Kier molecular flexibility index (Phi) is 2.66. The van der Waals surface area contributed by atoms with Gasteiger partial charge in [-0.05, 0) is 51.7 Å². The second kappa shape index (κ2) is 3.80. The molecule has 14 heavy (non-hydrogen) atoms. The molecule has 1 nitrogen and oxygen atoms in total. The van der Waals surface area contributed by atoms with Gasteiger partial charge in [-0.2, -0.15) is 0 Å². The normalized spacial score (nSPS) is 20.2. The molecule has 1 unspecified atom stereocenters. The Bertz CT molecular complexity index is 286. The number of hydrogen-bond acceptors (Lipinski definition) is 0. The molecule has 0 N–H and O–H groups in total. The van der Waals surface area contributed by atoms with E-state index >= 15 is 0 Å². The van der Waals surface area contributed by atoms with E-state index in [1.54, 1.807) is 0 Å². The van der Waals surface area contributed by atoms with E-state index in [9.17, 15) is 0 Å². The lowest BCUT2D eigenvalue weighted by atomic mass is 9.99. The van der Waals surface area contributed by atoms with Crippen LogP contribution in [-0.2, 0) is 0 Å². The van der Waals surface area contributed by atoms with Crippen LogP contribution in [0.1, 0.15) is 50.0 Å². The Morgan fingerprint density at radius 3 is 2.14 bits per heavy atom. The van der Waals surface area contributed by atoms with E-state index in [0.29, 0.717) is 6.04 Å². The summed E-state index contributed by atoms with van der Waals surface area (Å²) in [6, 6.07) is 5.18. The standard InChI is InChI=1S/C13H21N/c1-10-8-9-11(2)14(10)12(3)13-6-4-5-7-13/h8-9,12-13H,4-7H2,1-3H3. The molecule has 0 aliphatic heterocycles. The van der Waals surface area contributed by atoms with Gasteiger partial charge in [0.25, 0.3) is 0 Å². The SMILES string of the molecule is Cc1ccc(C)n1C(C)C1CCCC1. The van der Waals surface area contributed by atoms with Gasteiger partial charge in [0.1, 0.15) is 0 Å². The van der Waals surface area contributed by atoms with Crippen molar-refractivity contribution in [1.82, 2.24) is 4.57 Å². The van der Waals surface area contributed by atoms with Crippen molar-refractivity contribution in [2.75, 3.05) is 0 Å². The highest BCUT2D eigenvalue weighted by Gasteiger charge is 2.23. The van der Waals surface area contributed by atoms with Crippen molar-refractivity contribution in [3.8, 4) is 0 Å². The van der Waals surface area contributed by atoms with Crippen molar-refractivity contribution >= 4 is 0 Å². The Morgan fingerprint density at radius 1 is 1.14 bits per heavy atom. The summed E-state index contributed by atoms with van der Waals surface area (Å²) in [5, 5.41) is 0. The highest BCUT2D eigenvalue weighted by atomic mass is 15.0. The van der Waals surface area contributed by atoms with Crippen molar-refractivity contribution < 1.29 is 0 Å². The monoisotopic (exact) mass is 191 g/mol. The zero-order valence-electron chi connectivity index (χ0n) is 9.59. The van der Waals surface area contributed by atoms with Gasteiger partial charge in [-0.25, -0.2) is 0 Å². The van der Waals surface area contributed by atoms with Crippen LogP contribution in [0.2, 0.25) is 0 Å². The first-order chi connectivity index (χ1) is 6.70. The Labute approximate surface area is 87.1 Å². The Hall–Kier alpha value is -0.720. The van der Waals surface area contributed by atoms with Crippen LogP contribution in [0.4, 0.5) is 0 Å². The molecular formula is C13H21N. The molecule has 1 saturated carbocycles. The van der Waals surface area contributed by atoms with E-state index in [1.807, 2.05) is 0 Å². The largest absolute Gasteiger partial charge is 0.346 e. The molecule has 1 heteroatoms. The fourth-order valence-corrected chi connectivity index (χ4v) is 2.97. The van der Waals surface area contributed by atoms with E-state index < -0.39 is 0 Å². The minimum atomic E-state index is 0.701. The van der Waals surface area contributed by atoms with Gasteiger partial charge >= 0.3 is 0 Å². The van der Waals surface area contributed by atoms with Crippen LogP contribution in [0.3, 0.4) is 0 Å². The maximum absolute atomic E-state index is 2.51. The van der Waals surface area contributed by atoms with Crippen LogP contribution >= 0.6 is 0 Å². The third-order valence-corrected chi connectivity index (χ3v) is 3.82. The van der Waals surface area contributed by atoms with Crippen LogP contribution in [0, 0.1) is 19.8 Å². The highest BCUT2D eigenvalue weighted by Crippen LogP contribution is 2.35. The molecule has 1 aromatic heterocycles. The number of hydrogen-bond donors (Lipinski definition) is 0. The number of rotatable bonds is 2. The van der Waals surface area contributed by atoms with Gasteiger partial charge in [-0.15, -0.1) is 0 Å². The van der Waals surface area contributed by atoms with Crippen molar-refractivity contribution in [3.63, 3.8) is 0 Å². The zero-order valence-corrected chi connectivity index (χ0v) is 9.59. The molecule has 0 aromatic carbocycles. The third-order valence-electron chi connectivity index (χ3n) is 3.82. The molecule has 1 aromatic rings. The second-order valence-electron chi connectivity index (χ2n) is 4.77. The molecule has 0 amide bonds. The third kappa shape index (κ3) is 1.60. The predicted octanol–water partition coefficient (Wildman–Crippen LogP) is 3.86. The van der Waals surface area contributed by atoms with Crippen LogP contribution in [-0.4, -0.2) is 4.57 Å². The zero-order chi connectivity index (χ0) is 10.1. The smallest absolute Gasteiger partial charge is 0.0335 e. The van der Waals surface area contributed by atoms with Gasteiger partial charge in [-0.1, -0.05) is 12.8 Å². The van der Waals surface area contributed by atoms with E-state index in [0.717, 1.165) is 5.92 Å². The van der Waals surface area contributed by atoms with E-state index in [-0.39, 0.29) is 0 Å². The van der Waals surface area contributed by atoms with Gasteiger partial charge in [0.05, 0.1) is 0 Å². The number of aryl methyl sites for hydroxylation is 2. The van der Waals surface area contributed by atoms with Gasteiger partial charge < -0.3 is 4.57 Å². The summed E-state index contributed by atoms with van der Waals surface area (Å²) in [6.45, 7) is 6.83. The molecule has 1 fully saturated rings. The molecule has 1 aliphatic carbocycles. The fraction of sp³-hybridized carbons (Fsp3) is 0.692. The summed E-state index contributed by atoms with van der Waals surface area (Å²) in [4.78, 5) is 0. The van der Waals surface area contributed by atoms with Crippen LogP contribution in [0.5, 0.6) is 0 Å². The van der Waals surface area contributed by atoms with E-state index in [4.69, 9.17) is 0 Å². The Balaban J connectivity index is 2.21. The first-order valence-corrected chi connectivity index (χ1v) is 5.84. The fourth-order valence-electron chi connectivity index (χ4n) is 2.97. The lowest BCUT2D eigenvalue weighted by molar-refractivity contribution is 0.352. The highest BCUT2D eigenvalue weighted by molar-refractivity contribution is 5.15. The summed E-state index contributed by atoms with van der Waals surface area (Å²) < 4.78 is 2.51. The quantitative estimate of drug-likeness (QED) is 0.669. The van der Waals surface area contributed by atoms with Crippen LogP contribution in [0.25, 0.3) is 0 Å². The van der Waals surface area contributed by atoms with Gasteiger partial charge in [0.15, 0.2) is 0 Å².